The summed E-state index contributed by atoms with van der Waals surface area (Å²) in [6, 6.07) is 12.3. The van der Waals surface area contributed by atoms with Gasteiger partial charge in [-0.25, -0.2) is 0 Å². The molecule has 0 saturated carbocycles. The number of nitrogens with zero attached hydrogens (tertiary/aromatic N) is 3. The predicted octanol–water partition coefficient (Wildman–Crippen LogP) is 2.88. The van der Waals surface area contributed by atoms with Crippen LogP contribution in [0.4, 0.5) is 17.5 Å². The van der Waals surface area contributed by atoms with Gasteiger partial charge in [-0.3, -0.25) is 4.79 Å². The third-order valence-corrected chi connectivity index (χ3v) is 3.16. The van der Waals surface area contributed by atoms with Gasteiger partial charge in [0.1, 0.15) is 6.61 Å². The molecular weight excluding hydrogens is 326 g/mol. The first-order valence-electron chi connectivity index (χ1n) is 7.20. The van der Waals surface area contributed by atoms with Gasteiger partial charge in [0.15, 0.2) is 11.6 Å². The van der Waals surface area contributed by atoms with E-state index < -0.39 is 5.91 Å². The van der Waals surface area contributed by atoms with Crippen molar-refractivity contribution in [1.29, 1.82) is 0 Å². The number of aromatic nitrogens is 2. The molecule has 0 atom stereocenters. The van der Waals surface area contributed by atoms with Gasteiger partial charge in [0.05, 0.1) is 6.26 Å². The summed E-state index contributed by atoms with van der Waals surface area (Å²) in [4.78, 5) is 31.0. The van der Waals surface area contributed by atoms with Crippen molar-refractivity contribution in [1.82, 2.24) is 9.97 Å². The smallest absolute Gasteiger partial charge is 0.292 e. The molecule has 1 aromatic carbocycles. The number of hydrogen-bond acceptors (Lipinski definition) is 8. The SMILES string of the molecule is Nc1nc(NC(=O)c2ccco2)c(N=O)c(OCc2ccccc2)n1. The van der Waals surface area contributed by atoms with Gasteiger partial charge >= 0.3 is 0 Å². The zero-order chi connectivity index (χ0) is 17.6. The molecule has 0 spiro atoms. The van der Waals surface area contributed by atoms with Crippen molar-refractivity contribution in [3.8, 4) is 5.88 Å². The van der Waals surface area contributed by atoms with Gasteiger partial charge in [-0.1, -0.05) is 30.3 Å². The lowest BCUT2D eigenvalue weighted by Crippen LogP contribution is -2.14. The van der Waals surface area contributed by atoms with Crippen molar-refractivity contribution in [3.05, 3.63) is 65.0 Å². The van der Waals surface area contributed by atoms with E-state index in [1.807, 2.05) is 30.3 Å². The second kappa shape index (κ2) is 7.21. The van der Waals surface area contributed by atoms with Gasteiger partial charge in [0.25, 0.3) is 11.8 Å². The number of nitroso groups, excluding NO2 is 1. The topological polar surface area (TPSA) is 133 Å². The number of nitrogens with two attached hydrogens (primary N) is 1. The van der Waals surface area contributed by atoms with Crippen molar-refractivity contribution in [2.45, 2.75) is 6.61 Å². The number of hydrogen-bond donors (Lipinski definition) is 2. The van der Waals surface area contributed by atoms with Crippen LogP contribution in [0.25, 0.3) is 0 Å². The highest BCUT2D eigenvalue weighted by Crippen LogP contribution is 2.33. The number of anilines is 2. The summed E-state index contributed by atoms with van der Waals surface area (Å²) in [7, 11) is 0. The van der Waals surface area contributed by atoms with Crippen LogP contribution in [0.2, 0.25) is 0 Å². The normalized spacial score (nSPS) is 10.2. The maximum atomic E-state index is 12.1. The molecule has 2 aromatic heterocycles. The highest BCUT2D eigenvalue weighted by atomic mass is 16.5. The van der Waals surface area contributed by atoms with Crippen molar-refractivity contribution >= 4 is 23.4 Å². The number of nitrogens with one attached hydrogen (secondary N) is 1. The molecule has 0 aliphatic carbocycles. The number of carbonyl (C=O) groups excluding carboxylic acids is 1. The molecule has 0 radical (unpaired) electrons. The average molecular weight is 339 g/mol. The predicted molar refractivity (Wildman–Crippen MR) is 89.3 cm³/mol. The van der Waals surface area contributed by atoms with E-state index in [2.05, 4.69) is 20.5 Å². The second-order valence-corrected chi connectivity index (χ2v) is 4.88. The number of amides is 1. The number of rotatable bonds is 6. The summed E-state index contributed by atoms with van der Waals surface area (Å²) in [5.74, 6) is -1.03. The summed E-state index contributed by atoms with van der Waals surface area (Å²) in [6.07, 6.45) is 1.34. The van der Waals surface area contributed by atoms with Crippen molar-refractivity contribution < 1.29 is 13.9 Å². The zero-order valence-electron chi connectivity index (χ0n) is 12.9. The molecule has 9 heteroatoms. The van der Waals surface area contributed by atoms with Crippen LogP contribution in [0.3, 0.4) is 0 Å². The third kappa shape index (κ3) is 3.78. The highest BCUT2D eigenvalue weighted by Gasteiger charge is 2.20. The molecule has 0 unspecified atom stereocenters. The van der Waals surface area contributed by atoms with Crippen LogP contribution >= 0.6 is 0 Å². The Labute approximate surface area is 141 Å². The molecule has 0 aliphatic heterocycles. The van der Waals surface area contributed by atoms with Crippen LogP contribution in [0.5, 0.6) is 5.88 Å². The maximum absolute atomic E-state index is 12.1. The van der Waals surface area contributed by atoms with Gasteiger partial charge in [-0.2, -0.15) is 9.97 Å². The molecule has 1 amide bonds. The summed E-state index contributed by atoms with van der Waals surface area (Å²) < 4.78 is 10.5. The fourth-order valence-electron chi connectivity index (χ4n) is 2.02. The Morgan fingerprint density at radius 3 is 2.68 bits per heavy atom. The van der Waals surface area contributed by atoms with Gasteiger partial charge < -0.3 is 20.2 Å². The number of furan rings is 1. The maximum Gasteiger partial charge on any atom is 0.292 e. The second-order valence-electron chi connectivity index (χ2n) is 4.88. The lowest BCUT2D eigenvalue weighted by Gasteiger charge is -2.10. The van der Waals surface area contributed by atoms with Crippen LogP contribution in [-0.4, -0.2) is 15.9 Å². The lowest BCUT2D eigenvalue weighted by atomic mass is 10.2. The number of nitrogen functional groups attached to an aromatic ring is 1. The van der Waals surface area contributed by atoms with Crippen LogP contribution in [0, 0.1) is 4.91 Å². The van der Waals surface area contributed by atoms with Crippen LogP contribution < -0.4 is 15.8 Å². The number of benzene rings is 1. The summed E-state index contributed by atoms with van der Waals surface area (Å²) in [6.45, 7) is 0.144. The van der Waals surface area contributed by atoms with Crippen molar-refractivity contribution in [3.63, 3.8) is 0 Å². The first kappa shape index (κ1) is 16.1. The Bertz CT molecular complexity index is 881. The molecule has 3 aromatic rings. The van der Waals surface area contributed by atoms with E-state index in [1.54, 1.807) is 6.07 Å². The largest absolute Gasteiger partial charge is 0.471 e. The van der Waals surface area contributed by atoms with Crippen molar-refractivity contribution in [2.24, 2.45) is 5.18 Å². The fourth-order valence-corrected chi connectivity index (χ4v) is 2.02. The lowest BCUT2D eigenvalue weighted by molar-refractivity contribution is 0.0996. The molecule has 0 saturated heterocycles. The molecule has 0 fully saturated rings. The van der Waals surface area contributed by atoms with Gasteiger partial charge in [0.2, 0.25) is 11.6 Å². The fraction of sp³-hybridized carbons (Fsp3) is 0.0625. The minimum Gasteiger partial charge on any atom is -0.471 e. The van der Waals surface area contributed by atoms with E-state index in [0.717, 1.165) is 5.56 Å². The first-order chi connectivity index (χ1) is 12.2. The van der Waals surface area contributed by atoms with Crippen LogP contribution in [-0.2, 0) is 6.61 Å². The average Bonchev–Trinajstić information content (AvgIpc) is 3.15. The summed E-state index contributed by atoms with van der Waals surface area (Å²) in [5.41, 5.74) is 6.23. The Morgan fingerprint density at radius 1 is 1.20 bits per heavy atom. The van der Waals surface area contributed by atoms with Gasteiger partial charge in [-0.15, -0.1) is 4.91 Å². The van der Waals surface area contributed by atoms with E-state index in [9.17, 15) is 9.70 Å². The minimum atomic E-state index is -0.609. The molecule has 3 N–H and O–H groups in total. The molecule has 0 bridgehead atoms. The molecular formula is C16H13N5O4. The Balaban J connectivity index is 1.85. The number of carbonyl (C=O) groups is 1. The monoisotopic (exact) mass is 339 g/mol. The van der Waals surface area contributed by atoms with Gasteiger partial charge in [-0.05, 0) is 22.9 Å². The van der Waals surface area contributed by atoms with Crippen LogP contribution in [0.1, 0.15) is 16.1 Å². The van der Waals surface area contributed by atoms with Crippen LogP contribution in [0.15, 0.2) is 58.3 Å². The third-order valence-electron chi connectivity index (χ3n) is 3.16. The van der Waals surface area contributed by atoms with Gasteiger partial charge in [0, 0.05) is 0 Å². The molecule has 2 heterocycles. The van der Waals surface area contributed by atoms with Crippen molar-refractivity contribution in [2.75, 3.05) is 11.1 Å². The molecule has 3 rings (SSSR count). The van der Waals surface area contributed by atoms with E-state index >= 15 is 0 Å². The van der Waals surface area contributed by atoms with E-state index in [1.165, 1.54) is 12.3 Å². The first-order valence-corrected chi connectivity index (χ1v) is 7.20. The quantitative estimate of drug-likeness (QED) is 0.660. The Hall–Kier alpha value is -3.75. The Kier molecular flexibility index (Phi) is 4.65. The number of ether oxygens (including phenoxy) is 1. The van der Waals surface area contributed by atoms with E-state index in [-0.39, 0.29) is 35.7 Å². The molecule has 126 valence electrons. The standard InChI is InChI=1S/C16H13N5O4/c17-16-19-13(18-14(22)11-7-4-8-24-11)12(21-23)15(20-16)25-9-10-5-2-1-3-6-10/h1-8H,9H2,(H3,17,18,19,20,22). The zero-order valence-corrected chi connectivity index (χ0v) is 12.9. The Morgan fingerprint density at radius 2 is 2.00 bits per heavy atom. The van der Waals surface area contributed by atoms with E-state index in [4.69, 9.17) is 14.9 Å². The summed E-state index contributed by atoms with van der Waals surface area (Å²) in [5, 5.41) is 5.26. The minimum absolute atomic E-state index is 0.0424. The van der Waals surface area contributed by atoms with E-state index in [0.29, 0.717) is 0 Å². The summed E-state index contributed by atoms with van der Waals surface area (Å²) >= 11 is 0. The highest BCUT2D eigenvalue weighted by molar-refractivity contribution is 6.03. The molecule has 9 nitrogen and oxygen atoms in total. The molecule has 25 heavy (non-hydrogen) atoms. The molecule has 0 aliphatic rings.